The van der Waals surface area contributed by atoms with Crippen molar-refractivity contribution in [1.29, 1.82) is 0 Å². The number of hydrogen-bond donors (Lipinski definition) is 2. The standard InChI is InChI=1S/C26H27N3O5/c1-18(2)15-16-27-26(31)20-9-7-19(8-10-20)17-28-25(30)14-12-21-11-13-24(34-21)22-5-3-4-6-23(22)29(32)33/h3-14,18H,15-17H2,1-2H3,(H,27,31)(H,28,30)/b14-12+. The average molecular weight is 462 g/mol. The van der Waals surface area contributed by atoms with Gasteiger partial charge in [0.2, 0.25) is 5.91 Å². The fourth-order valence-corrected chi connectivity index (χ4v) is 3.18. The molecule has 34 heavy (non-hydrogen) atoms. The minimum Gasteiger partial charge on any atom is -0.456 e. The fraction of sp³-hybridized carbons (Fsp3) is 0.231. The van der Waals surface area contributed by atoms with Gasteiger partial charge in [0.1, 0.15) is 11.5 Å². The summed E-state index contributed by atoms with van der Waals surface area (Å²) < 4.78 is 5.64. The SMILES string of the molecule is CC(C)CCNC(=O)c1ccc(CNC(=O)/C=C/c2ccc(-c3ccccc3[N+](=O)[O-])o2)cc1. The maximum atomic E-state index is 12.2. The van der Waals surface area contributed by atoms with E-state index in [1.165, 1.54) is 18.2 Å². The topological polar surface area (TPSA) is 114 Å². The Bertz CT molecular complexity index is 1180. The number of nitro groups is 1. The van der Waals surface area contributed by atoms with Crippen molar-refractivity contribution in [2.24, 2.45) is 5.92 Å². The van der Waals surface area contributed by atoms with Crippen LogP contribution in [-0.4, -0.2) is 23.3 Å². The van der Waals surface area contributed by atoms with Gasteiger partial charge in [-0.05, 0) is 54.3 Å². The Hall–Kier alpha value is -4.20. The number of rotatable bonds is 10. The molecule has 2 N–H and O–H groups in total. The lowest BCUT2D eigenvalue weighted by atomic mass is 10.1. The summed E-state index contributed by atoms with van der Waals surface area (Å²) in [6, 6.07) is 16.6. The molecular weight excluding hydrogens is 434 g/mol. The molecule has 176 valence electrons. The molecule has 0 saturated heterocycles. The molecule has 3 aromatic rings. The largest absolute Gasteiger partial charge is 0.456 e. The molecule has 1 heterocycles. The maximum Gasteiger partial charge on any atom is 0.280 e. The molecule has 8 heteroatoms. The number of hydrogen-bond acceptors (Lipinski definition) is 5. The van der Waals surface area contributed by atoms with Crippen molar-refractivity contribution in [3.05, 3.63) is 93.7 Å². The number of carbonyl (C=O) groups is 2. The zero-order chi connectivity index (χ0) is 24.5. The normalized spacial score (nSPS) is 11.0. The highest BCUT2D eigenvalue weighted by Crippen LogP contribution is 2.31. The quantitative estimate of drug-likeness (QED) is 0.252. The summed E-state index contributed by atoms with van der Waals surface area (Å²) in [5.74, 6) is 0.842. The van der Waals surface area contributed by atoms with Crippen LogP contribution in [0, 0.1) is 16.0 Å². The highest BCUT2D eigenvalue weighted by atomic mass is 16.6. The van der Waals surface area contributed by atoms with E-state index in [1.54, 1.807) is 54.6 Å². The van der Waals surface area contributed by atoms with Gasteiger partial charge in [0.15, 0.2) is 0 Å². The highest BCUT2D eigenvalue weighted by Gasteiger charge is 2.16. The van der Waals surface area contributed by atoms with Crippen LogP contribution in [0.25, 0.3) is 17.4 Å². The molecule has 0 aliphatic carbocycles. The van der Waals surface area contributed by atoms with Crippen LogP contribution in [0.4, 0.5) is 5.69 Å². The summed E-state index contributed by atoms with van der Waals surface area (Å²) in [6.45, 7) is 5.15. The van der Waals surface area contributed by atoms with E-state index in [4.69, 9.17) is 4.42 Å². The summed E-state index contributed by atoms with van der Waals surface area (Å²) in [4.78, 5) is 35.0. The van der Waals surface area contributed by atoms with E-state index < -0.39 is 4.92 Å². The van der Waals surface area contributed by atoms with E-state index in [2.05, 4.69) is 24.5 Å². The number of para-hydroxylation sites is 1. The molecule has 1 aromatic heterocycles. The molecule has 8 nitrogen and oxygen atoms in total. The van der Waals surface area contributed by atoms with Crippen molar-refractivity contribution in [3.63, 3.8) is 0 Å². The van der Waals surface area contributed by atoms with Crippen molar-refractivity contribution in [2.75, 3.05) is 6.54 Å². The molecule has 0 spiro atoms. The zero-order valence-electron chi connectivity index (χ0n) is 19.1. The minimum atomic E-state index is -0.466. The van der Waals surface area contributed by atoms with E-state index in [9.17, 15) is 19.7 Å². The molecule has 0 fully saturated rings. The molecule has 0 radical (unpaired) electrons. The molecule has 0 aliphatic heterocycles. The number of nitro benzene ring substituents is 1. The number of amides is 2. The minimum absolute atomic E-state index is 0.0517. The number of furan rings is 1. The third kappa shape index (κ3) is 6.90. The lowest BCUT2D eigenvalue weighted by molar-refractivity contribution is -0.384. The van der Waals surface area contributed by atoms with Gasteiger partial charge in [0, 0.05) is 30.8 Å². The summed E-state index contributed by atoms with van der Waals surface area (Å²) >= 11 is 0. The molecule has 0 saturated carbocycles. The van der Waals surface area contributed by atoms with E-state index >= 15 is 0 Å². The zero-order valence-corrected chi connectivity index (χ0v) is 19.1. The molecular formula is C26H27N3O5. The van der Waals surface area contributed by atoms with Crippen LogP contribution >= 0.6 is 0 Å². The Kier molecular flexibility index (Phi) is 8.34. The second kappa shape index (κ2) is 11.6. The van der Waals surface area contributed by atoms with E-state index in [0.29, 0.717) is 41.7 Å². The van der Waals surface area contributed by atoms with Gasteiger partial charge in [0.25, 0.3) is 11.6 Å². The van der Waals surface area contributed by atoms with Crippen LogP contribution in [-0.2, 0) is 11.3 Å². The third-order valence-electron chi connectivity index (χ3n) is 5.08. The van der Waals surface area contributed by atoms with Gasteiger partial charge in [-0.1, -0.05) is 38.1 Å². The Morgan fingerprint density at radius 1 is 1.03 bits per heavy atom. The number of benzene rings is 2. The molecule has 2 amide bonds. The van der Waals surface area contributed by atoms with Crippen molar-refractivity contribution >= 4 is 23.6 Å². The Labute approximate surface area is 197 Å². The Morgan fingerprint density at radius 2 is 1.76 bits per heavy atom. The molecule has 2 aromatic carbocycles. The second-order valence-electron chi connectivity index (χ2n) is 8.16. The monoisotopic (exact) mass is 461 g/mol. The number of nitrogens with zero attached hydrogens (tertiary/aromatic N) is 1. The number of nitrogens with one attached hydrogen (secondary N) is 2. The molecule has 0 aliphatic rings. The van der Waals surface area contributed by atoms with Gasteiger partial charge in [-0.3, -0.25) is 19.7 Å². The predicted molar refractivity (Wildman–Crippen MR) is 130 cm³/mol. The lowest BCUT2D eigenvalue weighted by Crippen LogP contribution is -2.25. The molecule has 3 rings (SSSR count). The van der Waals surface area contributed by atoms with E-state index in [0.717, 1.165) is 12.0 Å². The summed E-state index contributed by atoms with van der Waals surface area (Å²) in [6.07, 6.45) is 3.76. The first kappa shape index (κ1) is 24.4. The maximum absolute atomic E-state index is 12.2. The van der Waals surface area contributed by atoms with E-state index in [1.807, 2.05) is 0 Å². The third-order valence-corrected chi connectivity index (χ3v) is 5.08. The van der Waals surface area contributed by atoms with Crippen molar-refractivity contribution in [2.45, 2.75) is 26.8 Å². The number of carbonyl (C=O) groups excluding carboxylic acids is 2. The first-order valence-corrected chi connectivity index (χ1v) is 11.0. The van der Waals surface area contributed by atoms with Crippen LogP contribution in [0.3, 0.4) is 0 Å². The first-order valence-electron chi connectivity index (χ1n) is 11.0. The van der Waals surface area contributed by atoms with Gasteiger partial charge >= 0.3 is 0 Å². The van der Waals surface area contributed by atoms with Gasteiger partial charge in [0.05, 0.1) is 10.5 Å². The lowest BCUT2D eigenvalue weighted by Gasteiger charge is -2.08. The highest BCUT2D eigenvalue weighted by molar-refractivity contribution is 5.94. The van der Waals surface area contributed by atoms with Crippen molar-refractivity contribution < 1.29 is 18.9 Å². The van der Waals surface area contributed by atoms with Crippen LogP contribution in [0.15, 0.2) is 71.2 Å². The second-order valence-corrected chi connectivity index (χ2v) is 8.16. The van der Waals surface area contributed by atoms with Crippen LogP contribution in [0.5, 0.6) is 0 Å². The van der Waals surface area contributed by atoms with Gasteiger partial charge in [-0.2, -0.15) is 0 Å². The molecule has 0 bridgehead atoms. The summed E-state index contributed by atoms with van der Waals surface area (Å²) in [5.41, 5.74) is 1.75. The average Bonchev–Trinajstić information content (AvgIpc) is 3.30. The smallest absolute Gasteiger partial charge is 0.280 e. The fourth-order valence-electron chi connectivity index (χ4n) is 3.18. The first-order chi connectivity index (χ1) is 16.3. The van der Waals surface area contributed by atoms with Crippen LogP contribution < -0.4 is 10.6 Å². The van der Waals surface area contributed by atoms with Crippen LogP contribution in [0.2, 0.25) is 0 Å². The van der Waals surface area contributed by atoms with Crippen molar-refractivity contribution in [1.82, 2.24) is 10.6 Å². The molecule has 0 atom stereocenters. The van der Waals surface area contributed by atoms with E-state index in [-0.39, 0.29) is 17.5 Å². The van der Waals surface area contributed by atoms with Gasteiger partial charge in [-0.15, -0.1) is 0 Å². The summed E-state index contributed by atoms with van der Waals surface area (Å²) in [5, 5.41) is 16.9. The molecule has 0 unspecified atom stereocenters. The Balaban J connectivity index is 1.51. The van der Waals surface area contributed by atoms with Gasteiger partial charge < -0.3 is 15.1 Å². The Morgan fingerprint density at radius 3 is 2.47 bits per heavy atom. The van der Waals surface area contributed by atoms with Crippen LogP contribution in [0.1, 0.15) is 41.9 Å². The predicted octanol–water partition coefficient (Wildman–Crippen LogP) is 4.96. The van der Waals surface area contributed by atoms with Gasteiger partial charge in [-0.25, -0.2) is 0 Å². The summed E-state index contributed by atoms with van der Waals surface area (Å²) in [7, 11) is 0. The van der Waals surface area contributed by atoms with Crippen molar-refractivity contribution in [3.8, 4) is 11.3 Å².